The second-order valence-corrected chi connectivity index (χ2v) is 9.93. The molecule has 3 amide bonds. The molecular weight excluding hydrogens is 557 g/mol. The van der Waals surface area contributed by atoms with E-state index in [-0.39, 0.29) is 11.5 Å². The minimum atomic E-state index is -4.56. The van der Waals surface area contributed by atoms with Gasteiger partial charge in [-0.15, -0.1) is 0 Å². The van der Waals surface area contributed by atoms with Gasteiger partial charge in [0.1, 0.15) is 0 Å². The maximum absolute atomic E-state index is 13.1. The van der Waals surface area contributed by atoms with Crippen LogP contribution in [0.1, 0.15) is 32.7 Å². The highest BCUT2D eigenvalue weighted by Gasteiger charge is 2.31. The van der Waals surface area contributed by atoms with E-state index in [9.17, 15) is 22.8 Å². The number of rotatable bonds is 5. The molecule has 0 bridgehead atoms. The van der Waals surface area contributed by atoms with Gasteiger partial charge in [-0.3, -0.25) is 4.79 Å². The van der Waals surface area contributed by atoms with Gasteiger partial charge in [0, 0.05) is 42.5 Å². The normalized spacial score (nSPS) is 13.0. The SMILES string of the molecule is Cc1ccc(N(C(N)=O)c2ncc3c(n2)CCN(c2cc(NC(=O)c4cccc(C(F)(F)F)c4)ccc2Cl)C3)cc1. The van der Waals surface area contributed by atoms with E-state index in [0.717, 1.165) is 29.0 Å². The molecule has 2 heterocycles. The van der Waals surface area contributed by atoms with Crippen LogP contribution in [0.3, 0.4) is 0 Å². The van der Waals surface area contributed by atoms with E-state index in [1.54, 1.807) is 36.5 Å². The van der Waals surface area contributed by atoms with E-state index in [1.807, 2.05) is 24.0 Å². The first-order chi connectivity index (χ1) is 19.5. The molecule has 4 aromatic rings. The van der Waals surface area contributed by atoms with Gasteiger partial charge in [0.25, 0.3) is 5.91 Å². The van der Waals surface area contributed by atoms with Crippen molar-refractivity contribution in [3.8, 4) is 0 Å². The van der Waals surface area contributed by atoms with E-state index < -0.39 is 23.7 Å². The number of aromatic nitrogens is 2. The number of hydrogen-bond donors (Lipinski definition) is 2. The summed E-state index contributed by atoms with van der Waals surface area (Å²) in [6.45, 7) is 2.86. The van der Waals surface area contributed by atoms with Gasteiger partial charge in [-0.25, -0.2) is 19.7 Å². The Morgan fingerprint density at radius 2 is 1.83 bits per heavy atom. The lowest BCUT2D eigenvalue weighted by atomic mass is 10.1. The van der Waals surface area contributed by atoms with Crippen LogP contribution < -0.4 is 20.9 Å². The summed E-state index contributed by atoms with van der Waals surface area (Å²) in [7, 11) is 0. The number of carbonyl (C=O) groups excluding carboxylic acids is 2. The van der Waals surface area contributed by atoms with Gasteiger partial charge in [0.05, 0.1) is 27.7 Å². The van der Waals surface area contributed by atoms with Gasteiger partial charge in [0.15, 0.2) is 0 Å². The molecule has 0 saturated heterocycles. The van der Waals surface area contributed by atoms with Crippen molar-refractivity contribution in [3.05, 3.63) is 106 Å². The zero-order chi connectivity index (χ0) is 29.3. The molecule has 210 valence electrons. The van der Waals surface area contributed by atoms with Gasteiger partial charge in [-0.1, -0.05) is 35.4 Å². The quantitative estimate of drug-likeness (QED) is 0.281. The van der Waals surface area contributed by atoms with Crippen molar-refractivity contribution in [2.24, 2.45) is 5.73 Å². The minimum absolute atomic E-state index is 0.119. The number of halogens is 4. The smallest absolute Gasteiger partial charge is 0.365 e. The Balaban J connectivity index is 1.35. The lowest BCUT2D eigenvalue weighted by Gasteiger charge is -2.31. The van der Waals surface area contributed by atoms with Crippen molar-refractivity contribution in [3.63, 3.8) is 0 Å². The minimum Gasteiger partial charge on any atom is -0.365 e. The number of nitrogens with two attached hydrogens (primary N) is 1. The first-order valence-corrected chi connectivity index (χ1v) is 12.9. The van der Waals surface area contributed by atoms with Gasteiger partial charge in [0.2, 0.25) is 5.95 Å². The Morgan fingerprint density at radius 1 is 1.07 bits per heavy atom. The maximum Gasteiger partial charge on any atom is 0.416 e. The number of urea groups is 1. The molecule has 1 aliphatic rings. The fourth-order valence-electron chi connectivity index (χ4n) is 4.53. The molecule has 3 aromatic carbocycles. The van der Waals surface area contributed by atoms with Crippen LogP contribution in [0.25, 0.3) is 0 Å². The fourth-order valence-corrected chi connectivity index (χ4v) is 4.76. The van der Waals surface area contributed by atoms with E-state index >= 15 is 0 Å². The number of anilines is 4. The van der Waals surface area contributed by atoms with Crippen LogP contribution in [0, 0.1) is 6.92 Å². The zero-order valence-corrected chi connectivity index (χ0v) is 22.5. The van der Waals surface area contributed by atoms with Gasteiger partial charge >= 0.3 is 12.2 Å². The van der Waals surface area contributed by atoms with Crippen molar-refractivity contribution in [1.82, 2.24) is 9.97 Å². The summed E-state index contributed by atoms with van der Waals surface area (Å²) in [5, 5.41) is 3.08. The number of nitrogens with one attached hydrogen (secondary N) is 1. The highest BCUT2D eigenvalue weighted by Crippen LogP contribution is 2.34. The first kappa shape index (κ1) is 27.9. The topological polar surface area (TPSA) is 104 Å². The Labute approximate surface area is 238 Å². The van der Waals surface area contributed by atoms with Crippen molar-refractivity contribution < 1.29 is 22.8 Å². The molecule has 0 aliphatic carbocycles. The largest absolute Gasteiger partial charge is 0.416 e. The maximum atomic E-state index is 13.1. The third-order valence-corrected chi connectivity index (χ3v) is 6.95. The van der Waals surface area contributed by atoms with Crippen LogP contribution >= 0.6 is 11.6 Å². The van der Waals surface area contributed by atoms with Gasteiger partial charge in [-0.05, 0) is 55.5 Å². The highest BCUT2D eigenvalue weighted by atomic mass is 35.5. The van der Waals surface area contributed by atoms with E-state index in [2.05, 4.69) is 15.3 Å². The predicted octanol–water partition coefficient (Wildman–Crippen LogP) is 6.49. The molecule has 0 fully saturated rings. The monoisotopic (exact) mass is 580 g/mol. The van der Waals surface area contributed by atoms with Crippen molar-refractivity contribution >= 4 is 46.5 Å². The second kappa shape index (κ2) is 11.1. The number of nitrogens with zero attached hydrogens (tertiary/aromatic N) is 4. The molecule has 1 aromatic heterocycles. The van der Waals surface area contributed by atoms with Crippen LogP contribution in [0.15, 0.2) is 72.9 Å². The Kier molecular flexibility index (Phi) is 7.55. The van der Waals surface area contributed by atoms with Crippen LogP contribution in [-0.2, 0) is 19.1 Å². The summed E-state index contributed by atoms with van der Waals surface area (Å²) in [5.41, 5.74) is 8.79. The number of benzene rings is 3. The number of fused-ring (bicyclic) bond motifs is 1. The summed E-state index contributed by atoms with van der Waals surface area (Å²) in [6.07, 6.45) is -2.40. The summed E-state index contributed by atoms with van der Waals surface area (Å²) in [5.74, 6) is -0.507. The van der Waals surface area contributed by atoms with Crippen LogP contribution in [0.4, 0.5) is 41.0 Å². The molecule has 0 spiro atoms. The standard InChI is InChI=1S/C29H24ClF3N6O2/c1-17-5-8-22(9-6-17)39(27(34)41)28-35-15-19-16-38(12-11-24(19)37-28)25-14-21(7-10-23(25)30)36-26(40)18-3-2-4-20(13-18)29(31,32)33/h2-10,13-15H,11-12,16H2,1H3,(H2,34,41)(H,36,40). The Hall–Kier alpha value is -4.64. The number of aryl methyl sites for hydroxylation is 1. The zero-order valence-electron chi connectivity index (χ0n) is 21.7. The summed E-state index contributed by atoms with van der Waals surface area (Å²) in [4.78, 5) is 37.2. The molecule has 8 nitrogen and oxygen atoms in total. The molecule has 0 saturated carbocycles. The summed E-state index contributed by atoms with van der Waals surface area (Å²) < 4.78 is 39.2. The van der Waals surface area contributed by atoms with Crippen LogP contribution in [0.5, 0.6) is 0 Å². The predicted molar refractivity (Wildman–Crippen MR) is 151 cm³/mol. The molecule has 5 rings (SSSR count). The number of alkyl halides is 3. The van der Waals surface area contributed by atoms with E-state index in [4.69, 9.17) is 17.3 Å². The lowest BCUT2D eigenvalue weighted by Crippen LogP contribution is -2.35. The average Bonchev–Trinajstić information content (AvgIpc) is 2.94. The fraction of sp³-hybridized carbons (Fsp3) is 0.172. The molecule has 41 heavy (non-hydrogen) atoms. The average molecular weight is 581 g/mol. The third kappa shape index (κ3) is 6.09. The third-order valence-electron chi connectivity index (χ3n) is 6.63. The number of primary amides is 1. The second-order valence-electron chi connectivity index (χ2n) is 9.52. The molecule has 0 radical (unpaired) electrons. The summed E-state index contributed by atoms with van der Waals surface area (Å²) in [6, 6.07) is 15.6. The molecule has 3 N–H and O–H groups in total. The first-order valence-electron chi connectivity index (χ1n) is 12.5. The van der Waals surface area contributed by atoms with Crippen LogP contribution in [0.2, 0.25) is 5.02 Å². The molecule has 0 atom stereocenters. The Morgan fingerprint density at radius 3 is 2.54 bits per heavy atom. The van der Waals surface area contributed by atoms with E-state index in [0.29, 0.717) is 41.6 Å². The van der Waals surface area contributed by atoms with Gasteiger partial charge < -0.3 is 16.0 Å². The number of hydrogen-bond acceptors (Lipinski definition) is 5. The highest BCUT2D eigenvalue weighted by molar-refractivity contribution is 6.33. The van der Waals surface area contributed by atoms with Crippen molar-refractivity contribution in [2.45, 2.75) is 26.1 Å². The molecule has 12 heteroatoms. The van der Waals surface area contributed by atoms with E-state index in [1.165, 1.54) is 17.0 Å². The number of amides is 3. The van der Waals surface area contributed by atoms with Crippen molar-refractivity contribution in [2.75, 3.05) is 21.7 Å². The molecular formula is C29H24ClF3N6O2. The lowest BCUT2D eigenvalue weighted by molar-refractivity contribution is -0.137. The number of carbonyl (C=O) groups is 2. The van der Waals surface area contributed by atoms with Gasteiger partial charge in [-0.2, -0.15) is 13.2 Å². The summed E-state index contributed by atoms with van der Waals surface area (Å²) >= 11 is 6.49. The van der Waals surface area contributed by atoms with Crippen LogP contribution in [-0.4, -0.2) is 28.5 Å². The molecule has 0 unspecified atom stereocenters. The molecule has 1 aliphatic heterocycles. The van der Waals surface area contributed by atoms with Crippen molar-refractivity contribution in [1.29, 1.82) is 0 Å². The Bertz CT molecular complexity index is 1630.